The van der Waals surface area contributed by atoms with Crippen molar-refractivity contribution in [2.24, 2.45) is 5.73 Å². The molecule has 0 radical (unpaired) electrons. The number of hydrogen-bond acceptors (Lipinski definition) is 6. The Morgan fingerprint density at radius 2 is 2.10 bits per heavy atom. The number of benzene rings is 1. The zero-order valence-electron chi connectivity index (χ0n) is 11.7. The molecule has 3 rings (SSSR count). The van der Waals surface area contributed by atoms with Gasteiger partial charge < -0.3 is 15.4 Å². The van der Waals surface area contributed by atoms with Crippen molar-refractivity contribution in [3.05, 3.63) is 41.8 Å². The molecule has 1 atom stereocenters. The number of para-hydroxylation sites is 1. The zero-order valence-corrected chi connectivity index (χ0v) is 11.7. The average Bonchev–Trinajstić information content (AvgIpc) is 2.97. The second-order valence-electron chi connectivity index (χ2n) is 4.89. The molecule has 2 aromatic heterocycles. The molecule has 0 bridgehead atoms. The van der Waals surface area contributed by atoms with Gasteiger partial charge in [-0.1, -0.05) is 23.4 Å². The highest BCUT2D eigenvalue weighted by molar-refractivity contribution is 5.84. The molecule has 0 fully saturated rings. The summed E-state index contributed by atoms with van der Waals surface area (Å²) in [5, 5.41) is 14.8. The third-order valence-electron chi connectivity index (χ3n) is 3.32. The number of pyridine rings is 1. The standard InChI is InChI=1S/C15H16N4O2/c1-9-8-12(17-11-5-3-2-4-10(9)11)14-18-15(21-19-14)13(20)6-7-16/h2-5,8,13,20H,6-7,16H2,1H3/t13-/m0/s1. The molecule has 0 spiro atoms. The molecule has 3 aromatic rings. The molecule has 6 nitrogen and oxygen atoms in total. The fourth-order valence-electron chi connectivity index (χ4n) is 2.22. The molecule has 6 heteroatoms. The number of nitrogens with zero attached hydrogens (tertiary/aromatic N) is 3. The van der Waals surface area contributed by atoms with Gasteiger partial charge in [0.15, 0.2) is 0 Å². The van der Waals surface area contributed by atoms with Gasteiger partial charge in [0.2, 0.25) is 5.82 Å². The summed E-state index contributed by atoms with van der Waals surface area (Å²) in [4.78, 5) is 8.73. The van der Waals surface area contributed by atoms with Crippen LogP contribution in [0.2, 0.25) is 0 Å². The van der Waals surface area contributed by atoms with Crippen LogP contribution in [0, 0.1) is 6.92 Å². The topological polar surface area (TPSA) is 98.1 Å². The molecule has 0 aliphatic rings. The second kappa shape index (κ2) is 5.59. The minimum Gasteiger partial charge on any atom is -0.383 e. The quantitative estimate of drug-likeness (QED) is 0.760. The average molecular weight is 284 g/mol. The summed E-state index contributed by atoms with van der Waals surface area (Å²) in [6.45, 7) is 2.37. The molecule has 108 valence electrons. The fourth-order valence-corrected chi connectivity index (χ4v) is 2.22. The third-order valence-corrected chi connectivity index (χ3v) is 3.32. The summed E-state index contributed by atoms with van der Waals surface area (Å²) in [6.07, 6.45) is -0.455. The Labute approximate surface area is 121 Å². The van der Waals surface area contributed by atoms with Gasteiger partial charge in [-0.05, 0) is 37.6 Å². The van der Waals surface area contributed by atoms with Gasteiger partial charge in [0.05, 0.1) is 5.52 Å². The van der Waals surface area contributed by atoms with Crippen molar-refractivity contribution in [1.82, 2.24) is 15.1 Å². The number of hydrogen-bond donors (Lipinski definition) is 2. The lowest BCUT2D eigenvalue weighted by Gasteiger charge is -2.03. The van der Waals surface area contributed by atoms with E-state index >= 15 is 0 Å². The zero-order chi connectivity index (χ0) is 14.8. The van der Waals surface area contributed by atoms with Crippen molar-refractivity contribution < 1.29 is 9.63 Å². The number of aryl methyl sites for hydroxylation is 1. The van der Waals surface area contributed by atoms with Crippen LogP contribution >= 0.6 is 0 Å². The predicted molar refractivity (Wildman–Crippen MR) is 78.4 cm³/mol. The molecular weight excluding hydrogens is 268 g/mol. The van der Waals surface area contributed by atoms with Gasteiger partial charge in [-0.3, -0.25) is 0 Å². The normalized spacial score (nSPS) is 12.7. The smallest absolute Gasteiger partial charge is 0.255 e. The van der Waals surface area contributed by atoms with E-state index in [-0.39, 0.29) is 5.89 Å². The van der Waals surface area contributed by atoms with Crippen LogP contribution in [-0.4, -0.2) is 26.8 Å². The van der Waals surface area contributed by atoms with E-state index in [1.54, 1.807) is 0 Å². The van der Waals surface area contributed by atoms with Crippen LogP contribution in [0.25, 0.3) is 22.4 Å². The molecular formula is C15H16N4O2. The number of fused-ring (bicyclic) bond motifs is 1. The maximum absolute atomic E-state index is 9.81. The monoisotopic (exact) mass is 284 g/mol. The SMILES string of the molecule is Cc1cc(-c2noc([C@@H](O)CCN)n2)nc2ccccc12. The maximum Gasteiger partial charge on any atom is 0.255 e. The van der Waals surface area contributed by atoms with E-state index in [1.165, 1.54) is 0 Å². The summed E-state index contributed by atoms with van der Waals surface area (Å²) in [5.74, 6) is 0.540. The third kappa shape index (κ3) is 2.63. The molecule has 2 heterocycles. The highest BCUT2D eigenvalue weighted by Crippen LogP contribution is 2.24. The summed E-state index contributed by atoms with van der Waals surface area (Å²) < 4.78 is 5.08. The van der Waals surface area contributed by atoms with Gasteiger partial charge in [0, 0.05) is 5.39 Å². The van der Waals surface area contributed by atoms with Gasteiger partial charge in [-0.25, -0.2) is 4.98 Å². The summed E-state index contributed by atoms with van der Waals surface area (Å²) in [6, 6.07) is 9.79. The van der Waals surface area contributed by atoms with Gasteiger partial charge >= 0.3 is 0 Å². The van der Waals surface area contributed by atoms with Crippen molar-refractivity contribution in [2.75, 3.05) is 6.54 Å². The van der Waals surface area contributed by atoms with Crippen molar-refractivity contribution in [2.45, 2.75) is 19.4 Å². The van der Waals surface area contributed by atoms with Crippen molar-refractivity contribution in [3.63, 3.8) is 0 Å². The number of rotatable bonds is 4. The minimum atomic E-state index is -0.835. The van der Waals surface area contributed by atoms with Crippen molar-refractivity contribution in [3.8, 4) is 11.5 Å². The largest absolute Gasteiger partial charge is 0.383 e. The van der Waals surface area contributed by atoms with Gasteiger partial charge in [0.1, 0.15) is 11.8 Å². The number of nitrogens with two attached hydrogens (primary N) is 1. The van der Waals surface area contributed by atoms with Crippen LogP contribution in [-0.2, 0) is 0 Å². The molecule has 0 aliphatic heterocycles. The van der Waals surface area contributed by atoms with Gasteiger partial charge in [0.25, 0.3) is 5.89 Å². The number of aliphatic hydroxyl groups excluding tert-OH is 1. The van der Waals surface area contributed by atoms with E-state index in [9.17, 15) is 5.11 Å². The highest BCUT2D eigenvalue weighted by atomic mass is 16.5. The summed E-state index contributed by atoms with van der Waals surface area (Å²) >= 11 is 0. The van der Waals surface area contributed by atoms with E-state index in [4.69, 9.17) is 10.3 Å². The molecule has 3 N–H and O–H groups in total. The molecule has 0 unspecified atom stereocenters. The van der Waals surface area contributed by atoms with E-state index in [2.05, 4.69) is 15.1 Å². The lowest BCUT2D eigenvalue weighted by molar-refractivity contribution is 0.127. The second-order valence-corrected chi connectivity index (χ2v) is 4.89. The maximum atomic E-state index is 9.81. The van der Waals surface area contributed by atoms with E-state index in [1.807, 2.05) is 37.3 Å². The summed E-state index contributed by atoms with van der Waals surface area (Å²) in [5.41, 5.74) is 7.99. The Kier molecular flexibility index (Phi) is 3.64. The molecule has 21 heavy (non-hydrogen) atoms. The molecule has 0 saturated carbocycles. The molecule has 0 saturated heterocycles. The van der Waals surface area contributed by atoms with E-state index in [0.717, 1.165) is 16.5 Å². The van der Waals surface area contributed by atoms with Crippen LogP contribution in [0.1, 0.15) is 24.0 Å². The van der Waals surface area contributed by atoms with Crippen LogP contribution < -0.4 is 5.73 Å². The molecule has 0 aliphatic carbocycles. The fraction of sp³-hybridized carbons (Fsp3) is 0.267. The lowest BCUT2D eigenvalue weighted by Crippen LogP contribution is -2.06. The summed E-state index contributed by atoms with van der Waals surface area (Å²) in [7, 11) is 0. The van der Waals surface area contributed by atoms with Crippen LogP contribution in [0.4, 0.5) is 0 Å². The van der Waals surface area contributed by atoms with E-state index in [0.29, 0.717) is 24.5 Å². The Morgan fingerprint density at radius 1 is 1.29 bits per heavy atom. The van der Waals surface area contributed by atoms with Crippen molar-refractivity contribution >= 4 is 10.9 Å². The van der Waals surface area contributed by atoms with Gasteiger partial charge in [-0.2, -0.15) is 4.98 Å². The highest BCUT2D eigenvalue weighted by Gasteiger charge is 2.17. The lowest BCUT2D eigenvalue weighted by atomic mass is 10.1. The Balaban J connectivity index is 2.01. The Bertz CT molecular complexity index is 769. The van der Waals surface area contributed by atoms with Crippen LogP contribution in [0.5, 0.6) is 0 Å². The Morgan fingerprint density at radius 3 is 2.90 bits per heavy atom. The predicted octanol–water partition coefficient (Wildman–Crippen LogP) is 1.98. The number of aliphatic hydroxyl groups is 1. The minimum absolute atomic E-state index is 0.170. The van der Waals surface area contributed by atoms with Crippen molar-refractivity contribution in [1.29, 1.82) is 0 Å². The van der Waals surface area contributed by atoms with Crippen LogP contribution in [0.3, 0.4) is 0 Å². The molecule has 0 amide bonds. The Hall–Kier alpha value is -2.31. The molecule has 1 aromatic carbocycles. The first-order valence-electron chi connectivity index (χ1n) is 6.77. The first kappa shape index (κ1) is 13.7. The first-order chi connectivity index (χ1) is 10.2. The first-order valence-corrected chi connectivity index (χ1v) is 6.77. The van der Waals surface area contributed by atoms with E-state index < -0.39 is 6.10 Å². The van der Waals surface area contributed by atoms with Crippen LogP contribution in [0.15, 0.2) is 34.9 Å². The van der Waals surface area contributed by atoms with Gasteiger partial charge in [-0.15, -0.1) is 0 Å². The number of aromatic nitrogens is 3.